The number of amides is 1. The molecule has 0 saturated carbocycles. The standard InChI is InChI=1S/C14H8ClFN2OS/c15-13-7-10(3-4-17-13)18-14(19)12-5-8-1-2-9(16)6-11(8)20-12/h1-7H,(H,17,18,19). The van der Waals surface area contributed by atoms with Crippen LogP contribution in [-0.2, 0) is 0 Å². The van der Waals surface area contributed by atoms with E-state index in [0.717, 1.165) is 10.1 Å². The number of nitrogens with one attached hydrogen (secondary N) is 1. The molecule has 0 radical (unpaired) electrons. The molecule has 100 valence electrons. The Morgan fingerprint density at radius 3 is 2.90 bits per heavy atom. The fraction of sp³-hybridized carbons (Fsp3) is 0. The van der Waals surface area contributed by atoms with Crippen LogP contribution in [0.4, 0.5) is 10.1 Å². The number of thiophene rings is 1. The van der Waals surface area contributed by atoms with E-state index in [9.17, 15) is 9.18 Å². The Bertz CT molecular complexity index is 803. The van der Waals surface area contributed by atoms with E-state index in [0.29, 0.717) is 15.7 Å². The summed E-state index contributed by atoms with van der Waals surface area (Å²) in [6.07, 6.45) is 1.51. The van der Waals surface area contributed by atoms with Crippen molar-refractivity contribution in [1.29, 1.82) is 0 Å². The Balaban J connectivity index is 1.88. The molecule has 0 spiro atoms. The molecule has 0 aliphatic rings. The number of halogens is 2. The van der Waals surface area contributed by atoms with Crippen LogP contribution in [0.15, 0.2) is 42.6 Å². The van der Waals surface area contributed by atoms with Crippen molar-refractivity contribution >= 4 is 44.6 Å². The molecular weight excluding hydrogens is 299 g/mol. The Morgan fingerprint density at radius 2 is 2.10 bits per heavy atom. The topological polar surface area (TPSA) is 42.0 Å². The lowest BCUT2D eigenvalue weighted by atomic mass is 10.2. The van der Waals surface area contributed by atoms with Crippen molar-refractivity contribution in [3.8, 4) is 0 Å². The lowest BCUT2D eigenvalue weighted by Crippen LogP contribution is -2.09. The van der Waals surface area contributed by atoms with Crippen molar-refractivity contribution in [2.45, 2.75) is 0 Å². The number of nitrogens with zero attached hydrogens (tertiary/aromatic N) is 1. The summed E-state index contributed by atoms with van der Waals surface area (Å²) in [5, 5.41) is 3.88. The maximum absolute atomic E-state index is 13.1. The van der Waals surface area contributed by atoms with Gasteiger partial charge < -0.3 is 5.32 Å². The quantitative estimate of drug-likeness (QED) is 0.716. The van der Waals surface area contributed by atoms with Crippen LogP contribution in [0.3, 0.4) is 0 Å². The summed E-state index contributed by atoms with van der Waals surface area (Å²) in [5.74, 6) is -0.568. The second-order valence-corrected chi connectivity index (χ2v) is 5.59. The number of anilines is 1. The molecule has 0 bridgehead atoms. The molecular formula is C14H8ClFN2OS. The fourth-order valence-corrected chi connectivity index (χ4v) is 2.95. The number of carbonyl (C=O) groups is 1. The van der Waals surface area contributed by atoms with Crippen LogP contribution in [-0.4, -0.2) is 10.9 Å². The number of pyridine rings is 1. The lowest BCUT2D eigenvalue weighted by molar-refractivity contribution is 0.103. The molecule has 3 nitrogen and oxygen atoms in total. The Hall–Kier alpha value is -1.98. The van der Waals surface area contributed by atoms with Gasteiger partial charge in [-0.05, 0) is 35.7 Å². The van der Waals surface area contributed by atoms with Gasteiger partial charge in [0.15, 0.2) is 0 Å². The predicted molar refractivity (Wildman–Crippen MR) is 79.0 cm³/mol. The molecule has 3 rings (SSSR count). The van der Waals surface area contributed by atoms with Gasteiger partial charge in [0, 0.05) is 16.6 Å². The van der Waals surface area contributed by atoms with Crippen LogP contribution >= 0.6 is 22.9 Å². The third-order valence-electron chi connectivity index (χ3n) is 2.69. The SMILES string of the molecule is O=C(Nc1ccnc(Cl)c1)c1cc2ccc(F)cc2s1. The zero-order valence-electron chi connectivity index (χ0n) is 10.1. The number of benzene rings is 1. The van der Waals surface area contributed by atoms with E-state index in [2.05, 4.69) is 10.3 Å². The molecule has 2 aromatic heterocycles. The van der Waals surface area contributed by atoms with Crippen molar-refractivity contribution in [3.63, 3.8) is 0 Å². The average molecular weight is 307 g/mol. The van der Waals surface area contributed by atoms with Gasteiger partial charge >= 0.3 is 0 Å². The first-order valence-electron chi connectivity index (χ1n) is 5.74. The predicted octanol–water partition coefficient (Wildman–Crippen LogP) is 4.34. The molecule has 1 aromatic carbocycles. The van der Waals surface area contributed by atoms with Crippen molar-refractivity contribution in [2.24, 2.45) is 0 Å². The first-order chi connectivity index (χ1) is 9.61. The molecule has 0 aliphatic carbocycles. The van der Waals surface area contributed by atoms with Crippen LogP contribution in [0.25, 0.3) is 10.1 Å². The van der Waals surface area contributed by atoms with Gasteiger partial charge in [0.25, 0.3) is 5.91 Å². The van der Waals surface area contributed by atoms with E-state index in [-0.39, 0.29) is 11.7 Å². The smallest absolute Gasteiger partial charge is 0.265 e. The summed E-state index contributed by atoms with van der Waals surface area (Å²) in [6, 6.07) is 9.39. The first-order valence-corrected chi connectivity index (χ1v) is 6.93. The highest BCUT2D eigenvalue weighted by Crippen LogP contribution is 2.27. The number of aromatic nitrogens is 1. The van der Waals surface area contributed by atoms with Gasteiger partial charge in [0.1, 0.15) is 11.0 Å². The highest BCUT2D eigenvalue weighted by molar-refractivity contribution is 7.20. The molecule has 0 unspecified atom stereocenters. The molecule has 1 N–H and O–H groups in total. The highest BCUT2D eigenvalue weighted by Gasteiger charge is 2.11. The average Bonchev–Trinajstić information content (AvgIpc) is 2.81. The Labute approximate surface area is 123 Å². The van der Waals surface area contributed by atoms with E-state index in [1.165, 1.54) is 29.7 Å². The number of hydrogen-bond donors (Lipinski definition) is 1. The monoisotopic (exact) mass is 306 g/mol. The highest BCUT2D eigenvalue weighted by atomic mass is 35.5. The van der Waals surface area contributed by atoms with E-state index in [1.54, 1.807) is 24.3 Å². The first kappa shape index (κ1) is 13.0. The number of hydrogen-bond acceptors (Lipinski definition) is 3. The lowest BCUT2D eigenvalue weighted by Gasteiger charge is -2.02. The van der Waals surface area contributed by atoms with Crippen LogP contribution in [0.2, 0.25) is 5.15 Å². The Kier molecular flexibility index (Phi) is 3.38. The molecule has 0 saturated heterocycles. The largest absolute Gasteiger partial charge is 0.321 e. The van der Waals surface area contributed by atoms with Crippen LogP contribution in [0.1, 0.15) is 9.67 Å². The van der Waals surface area contributed by atoms with Crippen molar-refractivity contribution in [1.82, 2.24) is 4.98 Å². The third-order valence-corrected chi connectivity index (χ3v) is 3.99. The molecule has 0 aliphatic heterocycles. The van der Waals surface area contributed by atoms with Crippen LogP contribution < -0.4 is 5.32 Å². The zero-order chi connectivity index (χ0) is 14.1. The molecule has 6 heteroatoms. The number of fused-ring (bicyclic) bond motifs is 1. The van der Waals surface area contributed by atoms with E-state index >= 15 is 0 Å². The summed E-state index contributed by atoms with van der Waals surface area (Å²) in [6.45, 7) is 0. The minimum absolute atomic E-state index is 0.256. The molecule has 0 atom stereocenters. The summed E-state index contributed by atoms with van der Waals surface area (Å²) in [7, 11) is 0. The molecule has 0 fully saturated rings. The molecule has 3 aromatic rings. The third kappa shape index (κ3) is 2.64. The fourth-order valence-electron chi connectivity index (χ4n) is 1.79. The molecule has 1 amide bonds. The summed E-state index contributed by atoms with van der Waals surface area (Å²) in [4.78, 5) is 16.5. The van der Waals surface area contributed by atoms with E-state index < -0.39 is 0 Å². The summed E-state index contributed by atoms with van der Waals surface area (Å²) >= 11 is 7.00. The maximum atomic E-state index is 13.1. The summed E-state index contributed by atoms with van der Waals surface area (Å²) < 4.78 is 13.9. The second kappa shape index (κ2) is 5.19. The van der Waals surface area contributed by atoms with Gasteiger partial charge in [-0.2, -0.15) is 0 Å². The Morgan fingerprint density at radius 1 is 1.25 bits per heavy atom. The minimum atomic E-state index is -0.313. The van der Waals surface area contributed by atoms with Crippen LogP contribution in [0.5, 0.6) is 0 Å². The number of rotatable bonds is 2. The van der Waals surface area contributed by atoms with Crippen molar-refractivity contribution in [2.75, 3.05) is 5.32 Å². The van der Waals surface area contributed by atoms with Gasteiger partial charge in [-0.3, -0.25) is 4.79 Å². The maximum Gasteiger partial charge on any atom is 0.265 e. The number of carbonyl (C=O) groups excluding carboxylic acids is 1. The van der Waals surface area contributed by atoms with Gasteiger partial charge in [0.2, 0.25) is 0 Å². The molecule has 2 heterocycles. The van der Waals surface area contributed by atoms with Crippen LogP contribution in [0, 0.1) is 5.82 Å². The van der Waals surface area contributed by atoms with Crippen molar-refractivity contribution < 1.29 is 9.18 Å². The van der Waals surface area contributed by atoms with Gasteiger partial charge in [0.05, 0.1) is 4.88 Å². The minimum Gasteiger partial charge on any atom is -0.321 e. The second-order valence-electron chi connectivity index (χ2n) is 4.11. The van der Waals surface area contributed by atoms with Gasteiger partial charge in [-0.25, -0.2) is 9.37 Å². The summed E-state index contributed by atoms with van der Waals surface area (Å²) in [5.41, 5.74) is 0.568. The van der Waals surface area contributed by atoms with Gasteiger partial charge in [-0.1, -0.05) is 17.7 Å². The van der Waals surface area contributed by atoms with Gasteiger partial charge in [-0.15, -0.1) is 11.3 Å². The van der Waals surface area contributed by atoms with E-state index in [4.69, 9.17) is 11.6 Å². The molecule has 20 heavy (non-hydrogen) atoms. The van der Waals surface area contributed by atoms with Crippen molar-refractivity contribution in [3.05, 3.63) is 58.4 Å². The van der Waals surface area contributed by atoms with E-state index in [1.807, 2.05) is 0 Å². The normalized spacial score (nSPS) is 10.7. The zero-order valence-corrected chi connectivity index (χ0v) is 11.6.